The van der Waals surface area contributed by atoms with E-state index in [9.17, 15) is 0 Å². The molecule has 1 fully saturated rings. The number of hydrogen-bond donors (Lipinski definition) is 2. The van der Waals surface area contributed by atoms with E-state index in [0.29, 0.717) is 6.04 Å². The second-order valence-electron chi connectivity index (χ2n) is 6.95. The molecule has 3 heterocycles. The second kappa shape index (κ2) is 7.23. The molecule has 3 aromatic rings. The molecule has 7 heteroatoms. The fourth-order valence-electron chi connectivity index (χ4n) is 3.45. The van der Waals surface area contributed by atoms with Crippen molar-refractivity contribution in [1.29, 1.82) is 0 Å². The summed E-state index contributed by atoms with van der Waals surface area (Å²) in [5.74, 6) is 0.801. The molecule has 1 aliphatic rings. The molecule has 1 aromatic carbocycles. The second-order valence-corrected chi connectivity index (χ2v) is 7.35. The molecule has 0 spiro atoms. The summed E-state index contributed by atoms with van der Waals surface area (Å²) in [4.78, 5) is 6.92. The number of piperidine rings is 1. The standard InChI is InChI=1S/C19H23ClN6/c1-13-10-16(2-3-17(13)20)24-19-18-14(4-9-26(18)23-12-22-19)11-25-7-5-15(21)6-8-25/h2-4,9-10,12,15H,5-8,11,21H2,1H3,(H,22,23,24). The minimum Gasteiger partial charge on any atom is -0.338 e. The number of nitrogens with two attached hydrogens (primary N) is 1. The predicted molar refractivity (Wildman–Crippen MR) is 105 cm³/mol. The Morgan fingerprint density at radius 1 is 1.27 bits per heavy atom. The Morgan fingerprint density at radius 2 is 2.08 bits per heavy atom. The lowest BCUT2D eigenvalue weighted by Gasteiger charge is -2.29. The highest BCUT2D eigenvalue weighted by atomic mass is 35.5. The van der Waals surface area contributed by atoms with Gasteiger partial charge < -0.3 is 11.1 Å². The molecule has 0 atom stereocenters. The Labute approximate surface area is 158 Å². The van der Waals surface area contributed by atoms with Crippen molar-refractivity contribution < 1.29 is 0 Å². The monoisotopic (exact) mass is 370 g/mol. The van der Waals surface area contributed by atoms with Crippen LogP contribution in [0.25, 0.3) is 5.52 Å². The normalized spacial score (nSPS) is 16.3. The van der Waals surface area contributed by atoms with Gasteiger partial charge in [0.1, 0.15) is 11.8 Å². The smallest absolute Gasteiger partial charge is 0.158 e. The number of anilines is 2. The third-order valence-electron chi connectivity index (χ3n) is 4.98. The first-order chi connectivity index (χ1) is 12.6. The van der Waals surface area contributed by atoms with Crippen molar-refractivity contribution in [3.05, 3.63) is 52.9 Å². The van der Waals surface area contributed by atoms with Crippen molar-refractivity contribution in [2.45, 2.75) is 32.4 Å². The van der Waals surface area contributed by atoms with Gasteiger partial charge in [-0.05, 0) is 68.2 Å². The van der Waals surface area contributed by atoms with Gasteiger partial charge in [0.25, 0.3) is 0 Å². The number of nitrogens with zero attached hydrogens (tertiary/aromatic N) is 4. The maximum Gasteiger partial charge on any atom is 0.158 e. The third kappa shape index (κ3) is 3.53. The zero-order valence-electron chi connectivity index (χ0n) is 14.8. The van der Waals surface area contributed by atoms with Crippen LogP contribution in [0.4, 0.5) is 11.5 Å². The third-order valence-corrected chi connectivity index (χ3v) is 5.41. The number of rotatable bonds is 4. The van der Waals surface area contributed by atoms with Crippen LogP contribution in [0.15, 0.2) is 36.8 Å². The maximum absolute atomic E-state index is 6.13. The van der Waals surface area contributed by atoms with Crippen LogP contribution in [-0.4, -0.2) is 38.6 Å². The van der Waals surface area contributed by atoms with Crippen molar-refractivity contribution in [1.82, 2.24) is 19.5 Å². The number of aryl methyl sites for hydroxylation is 1. The summed E-state index contributed by atoms with van der Waals surface area (Å²) in [6, 6.07) is 8.34. The van der Waals surface area contributed by atoms with E-state index in [1.54, 1.807) is 6.33 Å². The number of halogens is 1. The molecule has 2 aromatic heterocycles. The van der Waals surface area contributed by atoms with E-state index in [-0.39, 0.29) is 0 Å². The highest BCUT2D eigenvalue weighted by Crippen LogP contribution is 2.26. The molecule has 1 aliphatic heterocycles. The van der Waals surface area contributed by atoms with Gasteiger partial charge in [-0.3, -0.25) is 4.90 Å². The molecular formula is C19H23ClN6. The van der Waals surface area contributed by atoms with Crippen molar-refractivity contribution in [3.8, 4) is 0 Å². The predicted octanol–water partition coefficient (Wildman–Crippen LogP) is 3.36. The van der Waals surface area contributed by atoms with Gasteiger partial charge in [-0.2, -0.15) is 5.10 Å². The molecule has 0 radical (unpaired) electrons. The number of likely N-dealkylation sites (tertiary alicyclic amines) is 1. The summed E-state index contributed by atoms with van der Waals surface area (Å²) in [6.45, 7) is 4.94. The quantitative estimate of drug-likeness (QED) is 0.736. The van der Waals surface area contributed by atoms with Crippen molar-refractivity contribution >= 4 is 28.6 Å². The van der Waals surface area contributed by atoms with E-state index in [1.807, 2.05) is 35.8 Å². The molecule has 0 saturated carbocycles. The van der Waals surface area contributed by atoms with E-state index in [1.165, 1.54) is 5.56 Å². The van der Waals surface area contributed by atoms with Crippen LogP contribution in [0.2, 0.25) is 5.02 Å². The van der Waals surface area contributed by atoms with Gasteiger partial charge in [0.15, 0.2) is 5.82 Å². The molecule has 1 saturated heterocycles. The zero-order valence-corrected chi connectivity index (χ0v) is 15.6. The van der Waals surface area contributed by atoms with E-state index in [4.69, 9.17) is 17.3 Å². The minimum absolute atomic E-state index is 0.339. The summed E-state index contributed by atoms with van der Waals surface area (Å²) in [5.41, 5.74) is 10.2. The number of benzene rings is 1. The van der Waals surface area contributed by atoms with E-state index in [2.05, 4.69) is 26.4 Å². The minimum atomic E-state index is 0.339. The summed E-state index contributed by atoms with van der Waals surface area (Å²) >= 11 is 6.13. The van der Waals surface area contributed by atoms with Gasteiger partial charge in [-0.1, -0.05) is 11.6 Å². The van der Waals surface area contributed by atoms with Gasteiger partial charge in [-0.25, -0.2) is 9.50 Å². The van der Waals surface area contributed by atoms with E-state index < -0.39 is 0 Å². The number of aromatic nitrogens is 3. The Hall–Kier alpha value is -2.15. The van der Waals surface area contributed by atoms with Crippen LogP contribution in [0.3, 0.4) is 0 Å². The molecule has 0 amide bonds. The fourth-order valence-corrected chi connectivity index (χ4v) is 3.57. The molecule has 0 unspecified atom stereocenters. The van der Waals surface area contributed by atoms with E-state index in [0.717, 1.165) is 60.1 Å². The fraction of sp³-hybridized carbons (Fsp3) is 0.368. The van der Waals surface area contributed by atoms with Gasteiger partial charge in [-0.15, -0.1) is 0 Å². The zero-order chi connectivity index (χ0) is 18.1. The number of nitrogens with one attached hydrogen (secondary N) is 1. The largest absolute Gasteiger partial charge is 0.338 e. The van der Waals surface area contributed by atoms with Gasteiger partial charge in [0.2, 0.25) is 0 Å². The summed E-state index contributed by atoms with van der Waals surface area (Å²) < 4.78 is 1.88. The first kappa shape index (κ1) is 17.3. The molecule has 136 valence electrons. The summed E-state index contributed by atoms with van der Waals surface area (Å²) in [5, 5.41) is 8.52. The molecule has 26 heavy (non-hydrogen) atoms. The average Bonchev–Trinajstić information content (AvgIpc) is 3.04. The van der Waals surface area contributed by atoms with Crippen molar-refractivity contribution in [2.24, 2.45) is 5.73 Å². The van der Waals surface area contributed by atoms with Crippen LogP contribution in [0.5, 0.6) is 0 Å². The van der Waals surface area contributed by atoms with Gasteiger partial charge >= 0.3 is 0 Å². The van der Waals surface area contributed by atoms with Crippen LogP contribution in [0, 0.1) is 6.92 Å². The Balaban J connectivity index is 1.62. The Bertz CT molecular complexity index is 914. The lowest BCUT2D eigenvalue weighted by Crippen LogP contribution is -2.39. The molecule has 6 nitrogen and oxygen atoms in total. The van der Waals surface area contributed by atoms with Crippen LogP contribution in [0.1, 0.15) is 24.0 Å². The molecule has 0 aliphatic carbocycles. The van der Waals surface area contributed by atoms with Gasteiger partial charge in [0.05, 0.1) is 0 Å². The van der Waals surface area contributed by atoms with Crippen LogP contribution >= 0.6 is 11.6 Å². The van der Waals surface area contributed by atoms with Crippen molar-refractivity contribution in [2.75, 3.05) is 18.4 Å². The Kier molecular flexibility index (Phi) is 4.80. The number of fused-ring (bicyclic) bond motifs is 1. The summed E-state index contributed by atoms with van der Waals surface area (Å²) in [7, 11) is 0. The highest BCUT2D eigenvalue weighted by molar-refractivity contribution is 6.31. The summed E-state index contributed by atoms with van der Waals surface area (Å²) in [6.07, 6.45) is 5.66. The molecule has 3 N–H and O–H groups in total. The SMILES string of the molecule is Cc1cc(Nc2ncnn3ccc(CN4CCC(N)CC4)c23)ccc1Cl. The maximum atomic E-state index is 6.13. The first-order valence-electron chi connectivity index (χ1n) is 8.92. The molecule has 0 bridgehead atoms. The van der Waals surface area contributed by atoms with Crippen LogP contribution < -0.4 is 11.1 Å². The highest BCUT2D eigenvalue weighted by Gasteiger charge is 2.18. The molecule has 4 rings (SSSR count). The van der Waals surface area contributed by atoms with Crippen molar-refractivity contribution in [3.63, 3.8) is 0 Å². The lowest BCUT2D eigenvalue weighted by atomic mass is 10.1. The first-order valence-corrected chi connectivity index (χ1v) is 9.30. The van der Waals surface area contributed by atoms with E-state index >= 15 is 0 Å². The average molecular weight is 371 g/mol. The number of hydrogen-bond acceptors (Lipinski definition) is 5. The topological polar surface area (TPSA) is 71.5 Å². The molecular weight excluding hydrogens is 348 g/mol. The Morgan fingerprint density at radius 3 is 2.85 bits per heavy atom. The van der Waals surface area contributed by atoms with Crippen LogP contribution in [-0.2, 0) is 6.54 Å². The van der Waals surface area contributed by atoms with Gasteiger partial charge in [0, 0.05) is 29.5 Å². The lowest BCUT2D eigenvalue weighted by molar-refractivity contribution is 0.206.